The zero-order valence-electron chi connectivity index (χ0n) is 9.74. The molecule has 19 heavy (non-hydrogen) atoms. The summed E-state index contributed by atoms with van der Waals surface area (Å²) in [5.41, 5.74) is 1.90. The fraction of sp³-hybridized carbons (Fsp3) is 0.167. The Morgan fingerprint density at radius 3 is 2.42 bits per heavy atom. The topological polar surface area (TPSA) is 83.4 Å². The van der Waals surface area contributed by atoms with Crippen LogP contribution in [0.5, 0.6) is 0 Å². The van der Waals surface area contributed by atoms with Crippen molar-refractivity contribution in [3.63, 3.8) is 0 Å². The molecule has 0 spiro atoms. The molecule has 0 unspecified atom stereocenters. The van der Waals surface area contributed by atoms with Crippen LogP contribution in [0.1, 0.15) is 31.3 Å². The van der Waals surface area contributed by atoms with Crippen LogP contribution in [0.15, 0.2) is 24.3 Å². The van der Waals surface area contributed by atoms with Crippen LogP contribution < -0.4 is 0 Å². The Bertz CT molecular complexity index is 643. The van der Waals surface area contributed by atoms with Gasteiger partial charge in [-0.1, -0.05) is 28.8 Å². The van der Waals surface area contributed by atoms with E-state index in [1.165, 1.54) is 0 Å². The summed E-state index contributed by atoms with van der Waals surface area (Å²) in [6.45, 7) is 0.984. The van der Waals surface area contributed by atoms with Crippen molar-refractivity contribution in [2.45, 2.75) is 13.1 Å². The molecule has 1 aliphatic heterocycles. The third-order valence-electron chi connectivity index (χ3n) is 3.01. The number of benzene rings is 1. The van der Waals surface area contributed by atoms with Crippen molar-refractivity contribution in [3.8, 4) is 0 Å². The largest absolute Gasteiger partial charge is 0.476 e. The molecule has 1 N–H and O–H groups in total. The Hall–Kier alpha value is -2.28. The summed E-state index contributed by atoms with van der Waals surface area (Å²) in [5, 5.41) is 12.4. The zero-order chi connectivity index (χ0) is 13.4. The van der Waals surface area contributed by atoms with Crippen molar-refractivity contribution in [2.24, 2.45) is 0 Å². The first-order chi connectivity index (χ1) is 9.16. The first-order valence-corrected chi connectivity index (χ1v) is 6.36. The van der Waals surface area contributed by atoms with Crippen LogP contribution in [-0.2, 0) is 13.1 Å². The summed E-state index contributed by atoms with van der Waals surface area (Å²) in [7, 11) is 0. The summed E-state index contributed by atoms with van der Waals surface area (Å²) in [6.07, 6.45) is 0. The van der Waals surface area contributed by atoms with E-state index in [1.807, 2.05) is 24.3 Å². The van der Waals surface area contributed by atoms with E-state index in [-0.39, 0.29) is 16.5 Å². The maximum Gasteiger partial charge on any atom is 0.358 e. The van der Waals surface area contributed by atoms with Gasteiger partial charge >= 0.3 is 5.97 Å². The molecule has 1 aliphatic rings. The van der Waals surface area contributed by atoms with Crippen molar-refractivity contribution >= 4 is 23.4 Å². The van der Waals surface area contributed by atoms with Crippen LogP contribution in [0.2, 0.25) is 0 Å². The number of aromatic nitrogens is 2. The number of amides is 1. The first-order valence-electron chi connectivity index (χ1n) is 5.58. The predicted octanol–water partition coefficient (Wildman–Crippen LogP) is 1.39. The molecular formula is C12H9N3O3S. The third-order valence-corrected chi connectivity index (χ3v) is 3.73. The molecule has 0 fully saturated rings. The van der Waals surface area contributed by atoms with Crippen molar-refractivity contribution < 1.29 is 14.7 Å². The molecule has 1 aromatic heterocycles. The standard InChI is InChI=1S/C12H9N3O3S/c16-11(10-9(12(17)18)13-14-19-10)15-5-7-3-1-2-4-8(7)6-15/h1-4H,5-6H2,(H,17,18). The average Bonchev–Trinajstić information content (AvgIpc) is 3.04. The number of nitrogens with zero attached hydrogens (tertiary/aromatic N) is 3. The van der Waals surface area contributed by atoms with Gasteiger partial charge in [0, 0.05) is 13.1 Å². The summed E-state index contributed by atoms with van der Waals surface area (Å²) < 4.78 is 3.55. The molecule has 96 valence electrons. The van der Waals surface area contributed by atoms with E-state index in [1.54, 1.807) is 4.90 Å². The lowest BCUT2D eigenvalue weighted by Gasteiger charge is -2.13. The number of carboxylic acids is 1. The van der Waals surface area contributed by atoms with Gasteiger partial charge in [-0.2, -0.15) is 0 Å². The van der Waals surface area contributed by atoms with Gasteiger partial charge in [0.1, 0.15) is 4.88 Å². The summed E-state index contributed by atoms with van der Waals surface area (Å²) in [5.74, 6) is -1.56. The van der Waals surface area contributed by atoms with Gasteiger partial charge in [0.05, 0.1) is 0 Å². The molecule has 1 aromatic carbocycles. The second-order valence-electron chi connectivity index (χ2n) is 4.19. The van der Waals surface area contributed by atoms with E-state index in [2.05, 4.69) is 9.59 Å². The van der Waals surface area contributed by atoms with Crippen LogP contribution in [-0.4, -0.2) is 31.5 Å². The maximum atomic E-state index is 12.3. The van der Waals surface area contributed by atoms with Crippen molar-refractivity contribution in [1.82, 2.24) is 14.5 Å². The SMILES string of the molecule is O=C(O)c1nnsc1C(=O)N1Cc2ccccc2C1. The Morgan fingerprint density at radius 2 is 1.84 bits per heavy atom. The second kappa shape index (κ2) is 4.43. The molecule has 2 heterocycles. The molecule has 3 rings (SSSR count). The van der Waals surface area contributed by atoms with Crippen LogP contribution in [0, 0.1) is 0 Å². The van der Waals surface area contributed by atoms with E-state index in [0.29, 0.717) is 13.1 Å². The molecule has 1 amide bonds. The van der Waals surface area contributed by atoms with E-state index in [0.717, 1.165) is 22.7 Å². The highest BCUT2D eigenvalue weighted by Crippen LogP contribution is 2.25. The molecule has 0 radical (unpaired) electrons. The van der Waals surface area contributed by atoms with E-state index in [4.69, 9.17) is 5.11 Å². The number of rotatable bonds is 2. The Labute approximate surface area is 112 Å². The molecular weight excluding hydrogens is 266 g/mol. The first kappa shape index (κ1) is 11.8. The Balaban J connectivity index is 1.87. The van der Waals surface area contributed by atoms with Gasteiger partial charge < -0.3 is 10.0 Å². The zero-order valence-corrected chi connectivity index (χ0v) is 10.6. The number of fused-ring (bicyclic) bond motifs is 1. The number of carboxylic acid groups (broad SMARTS) is 1. The fourth-order valence-corrected chi connectivity index (χ4v) is 2.72. The van der Waals surface area contributed by atoms with Crippen molar-refractivity contribution in [1.29, 1.82) is 0 Å². The van der Waals surface area contributed by atoms with Gasteiger partial charge in [0.15, 0.2) is 5.69 Å². The summed E-state index contributed by atoms with van der Waals surface area (Å²) in [4.78, 5) is 24.9. The van der Waals surface area contributed by atoms with Gasteiger partial charge in [-0.3, -0.25) is 4.79 Å². The Kier molecular flexibility index (Phi) is 2.75. The minimum atomic E-state index is -1.23. The van der Waals surface area contributed by atoms with Gasteiger partial charge in [0.25, 0.3) is 5.91 Å². The monoisotopic (exact) mass is 275 g/mol. The minimum Gasteiger partial charge on any atom is -0.476 e. The fourth-order valence-electron chi connectivity index (χ4n) is 2.09. The molecule has 2 aromatic rings. The Morgan fingerprint density at radius 1 is 1.21 bits per heavy atom. The van der Waals surface area contributed by atoms with Crippen molar-refractivity contribution in [3.05, 3.63) is 46.0 Å². The average molecular weight is 275 g/mol. The van der Waals surface area contributed by atoms with Gasteiger partial charge in [-0.15, -0.1) is 5.10 Å². The van der Waals surface area contributed by atoms with Crippen LogP contribution in [0.4, 0.5) is 0 Å². The van der Waals surface area contributed by atoms with E-state index >= 15 is 0 Å². The molecule has 7 heteroatoms. The number of carbonyl (C=O) groups excluding carboxylic acids is 1. The lowest BCUT2D eigenvalue weighted by atomic mass is 10.1. The number of hydrogen-bond donors (Lipinski definition) is 1. The number of carbonyl (C=O) groups is 2. The van der Waals surface area contributed by atoms with E-state index in [9.17, 15) is 9.59 Å². The number of aromatic carboxylic acids is 1. The summed E-state index contributed by atoms with van der Waals surface area (Å²) in [6, 6.07) is 7.77. The predicted molar refractivity (Wildman–Crippen MR) is 66.9 cm³/mol. The highest BCUT2D eigenvalue weighted by atomic mass is 32.1. The van der Waals surface area contributed by atoms with Crippen molar-refractivity contribution in [2.75, 3.05) is 0 Å². The molecule has 6 nitrogen and oxygen atoms in total. The lowest BCUT2D eigenvalue weighted by Crippen LogP contribution is -2.26. The molecule has 0 saturated carbocycles. The smallest absolute Gasteiger partial charge is 0.358 e. The molecule has 0 saturated heterocycles. The molecule has 0 atom stereocenters. The molecule has 0 aliphatic carbocycles. The quantitative estimate of drug-likeness (QED) is 0.895. The van der Waals surface area contributed by atoms with Gasteiger partial charge in [-0.05, 0) is 22.7 Å². The second-order valence-corrected chi connectivity index (χ2v) is 4.94. The summed E-state index contributed by atoms with van der Waals surface area (Å²) >= 11 is 0.818. The third kappa shape index (κ3) is 1.97. The highest BCUT2D eigenvalue weighted by molar-refractivity contribution is 7.08. The van der Waals surface area contributed by atoms with Crippen LogP contribution >= 0.6 is 11.5 Å². The van der Waals surface area contributed by atoms with Crippen LogP contribution in [0.25, 0.3) is 0 Å². The minimum absolute atomic E-state index is 0.0836. The number of hydrogen-bond acceptors (Lipinski definition) is 5. The maximum absolute atomic E-state index is 12.3. The normalized spacial score (nSPS) is 13.4. The van der Waals surface area contributed by atoms with E-state index < -0.39 is 5.97 Å². The molecule has 0 bridgehead atoms. The van der Waals surface area contributed by atoms with Gasteiger partial charge in [0.2, 0.25) is 0 Å². The highest BCUT2D eigenvalue weighted by Gasteiger charge is 2.29. The van der Waals surface area contributed by atoms with Crippen LogP contribution in [0.3, 0.4) is 0 Å². The van der Waals surface area contributed by atoms with Gasteiger partial charge in [-0.25, -0.2) is 4.79 Å². The lowest BCUT2D eigenvalue weighted by molar-refractivity contribution is 0.0670.